The fourth-order valence-electron chi connectivity index (χ4n) is 2.79. The van der Waals surface area contributed by atoms with Crippen LogP contribution in [-0.4, -0.2) is 25.7 Å². The number of nitrogens with one attached hydrogen (secondary N) is 1. The molecule has 0 aromatic rings. The molecule has 0 bridgehead atoms. The summed E-state index contributed by atoms with van der Waals surface area (Å²) in [6, 6.07) is 0.604. The zero-order chi connectivity index (χ0) is 15.8. The van der Waals surface area contributed by atoms with Crippen molar-refractivity contribution in [2.75, 3.05) is 19.6 Å². The molecule has 128 valence electrons. The van der Waals surface area contributed by atoms with Crippen molar-refractivity contribution >= 4 is 0 Å². The highest BCUT2D eigenvalue weighted by molar-refractivity contribution is 4.67. The van der Waals surface area contributed by atoms with Crippen LogP contribution in [0.25, 0.3) is 0 Å². The SMILES string of the molecule is CC(C)CCCCCCCCCC(CCN)NCCCN. The Bertz CT molecular complexity index is 195. The largest absolute Gasteiger partial charge is 0.330 e. The first-order valence-electron chi connectivity index (χ1n) is 9.34. The van der Waals surface area contributed by atoms with Crippen molar-refractivity contribution < 1.29 is 0 Å². The lowest BCUT2D eigenvalue weighted by atomic mass is 10.0. The van der Waals surface area contributed by atoms with Crippen molar-refractivity contribution in [3.8, 4) is 0 Å². The molecule has 3 heteroatoms. The third kappa shape index (κ3) is 16.1. The highest BCUT2D eigenvalue weighted by Crippen LogP contribution is 2.13. The van der Waals surface area contributed by atoms with Gasteiger partial charge in [-0.05, 0) is 44.8 Å². The molecule has 1 unspecified atom stereocenters. The smallest absolute Gasteiger partial charge is 0.00790 e. The van der Waals surface area contributed by atoms with Gasteiger partial charge in [0.1, 0.15) is 0 Å². The van der Waals surface area contributed by atoms with E-state index in [4.69, 9.17) is 11.5 Å². The third-order valence-corrected chi connectivity index (χ3v) is 4.16. The lowest BCUT2D eigenvalue weighted by Gasteiger charge is -2.17. The van der Waals surface area contributed by atoms with Crippen LogP contribution in [0.3, 0.4) is 0 Å². The molecule has 0 saturated carbocycles. The van der Waals surface area contributed by atoms with Crippen LogP contribution in [0.15, 0.2) is 0 Å². The number of unbranched alkanes of at least 4 members (excludes halogenated alkanes) is 6. The van der Waals surface area contributed by atoms with Gasteiger partial charge >= 0.3 is 0 Å². The van der Waals surface area contributed by atoms with Crippen molar-refractivity contribution in [3.63, 3.8) is 0 Å². The normalized spacial score (nSPS) is 13.0. The predicted octanol–water partition coefficient (Wildman–Crippen LogP) is 3.81. The first-order chi connectivity index (χ1) is 10.2. The van der Waals surface area contributed by atoms with Crippen molar-refractivity contribution in [1.82, 2.24) is 5.32 Å². The zero-order valence-corrected chi connectivity index (χ0v) is 14.7. The molecule has 0 spiro atoms. The number of rotatable bonds is 16. The second-order valence-electron chi connectivity index (χ2n) is 6.82. The average Bonchev–Trinajstić information content (AvgIpc) is 2.45. The van der Waals surface area contributed by atoms with Crippen molar-refractivity contribution in [2.45, 2.75) is 90.5 Å². The van der Waals surface area contributed by atoms with Crippen LogP contribution in [0.5, 0.6) is 0 Å². The van der Waals surface area contributed by atoms with E-state index in [2.05, 4.69) is 19.2 Å². The van der Waals surface area contributed by atoms with Gasteiger partial charge in [-0.25, -0.2) is 0 Å². The van der Waals surface area contributed by atoms with Crippen LogP contribution in [-0.2, 0) is 0 Å². The summed E-state index contributed by atoms with van der Waals surface area (Å²) >= 11 is 0. The fraction of sp³-hybridized carbons (Fsp3) is 1.00. The van der Waals surface area contributed by atoms with E-state index in [1.807, 2.05) is 0 Å². The predicted molar refractivity (Wildman–Crippen MR) is 95.5 cm³/mol. The van der Waals surface area contributed by atoms with E-state index in [1.165, 1.54) is 57.8 Å². The minimum Gasteiger partial charge on any atom is -0.330 e. The zero-order valence-electron chi connectivity index (χ0n) is 14.7. The second kappa shape index (κ2) is 16.3. The minimum absolute atomic E-state index is 0.604. The summed E-state index contributed by atoms with van der Waals surface area (Å²) in [5.41, 5.74) is 11.2. The number of hydrogen-bond acceptors (Lipinski definition) is 3. The Morgan fingerprint density at radius 3 is 1.76 bits per heavy atom. The van der Waals surface area contributed by atoms with Gasteiger partial charge in [0.15, 0.2) is 0 Å². The maximum atomic E-state index is 5.69. The molecule has 0 aromatic heterocycles. The standard InChI is InChI=1S/C18H41N3/c1-17(2)11-8-6-4-3-5-7-9-12-18(13-15-20)21-16-10-14-19/h17-18,21H,3-16,19-20H2,1-2H3. The Morgan fingerprint density at radius 1 is 0.667 bits per heavy atom. The van der Waals surface area contributed by atoms with Gasteiger partial charge in [-0.2, -0.15) is 0 Å². The molecule has 0 heterocycles. The lowest BCUT2D eigenvalue weighted by molar-refractivity contribution is 0.430. The van der Waals surface area contributed by atoms with Crippen molar-refractivity contribution in [3.05, 3.63) is 0 Å². The molecule has 0 radical (unpaired) electrons. The van der Waals surface area contributed by atoms with E-state index in [0.29, 0.717) is 6.04 Å². The lowest BCUT2D eigenvalue weighted by Crippen LogP contribution is -2.32. The molecule has 1 atom stereocenters. The second-order valence-corrected chi connectivity index (χ2v) is 6.82. The van der Waals surface area contributed by atoms with Crippen LogP contribution in [0.2, 0.25) is 0 Å². The van der Waals surface area contributed by atoms with Gasteiger partial charge in [0.2, 0.25) is 0 Å². The minimum atomic E-state index is 0.604. The summed E-state index contributed by atoms with van der Waals surface area (Å²) in [6.45, 7) is 7.24. The molecule has 0 saturated heterocycles. The topological polar surface area (TPSA) is 64.1 Å². The summed E-state index contributed by atoms with van der Waals surface area (Å²) < 4.78 is 0. The molecule has 0 amide bonds. The Morgan fingerprint density at radius 2 is 1.24 bits per heavy atom. The van der Waals surface area contributed by atoms with E-state index in [-0.39, 0.29) is 0 Å². The highest BCUT2D eigenvalue weighted by Gasteiger charge is 2.06. The summed E-state index contributed by atoms with van der Waals surface area (Å²) in [7, 11) is 0. The molecular formula is C18H41N3. The number of hydrogen-bond donors (Lipinski definition) is 3. The van der Waals surface area contributed by atoms with Crippen LogP contribution in [0.1, 0.15) is 84.5 Å². The van der Waals surface area contributed by atoms with E-state index in [9.17, 15) is 0 Å². The third-order valence-electron chi connectivity index (χ3n) is 4.16. The Hall–Kier alpha value is -0.120. The van der Waals surface area contributed by atoms with Gasteiger partial charge in [0, 0.05) is 6.04 Å². The van der Waals surface area contributed by atoms with Crippen LogP contribution in [0, 0.1) is 5.92 Å². The van der Waals surface area contributed by atoms with Crippen LogP contribution in [0.4, 0.5) is 0 Å². The summed E-state index contributed by atoms with van der Waals surface area (Å²) in [5, 5.41) is 3.59. The van der Waals surface area contributed by atoms with E-state index < -0.39 is 0 Å². The van der Waals surface area contributed by atoms with Gasteiger partial charge in [0.05, 0.1) is 0 Å². The van der Waals surface area contributed by atoms with E-state index in [1.54, 1.807) is 0 Å². The van der Waals surface area contributed by atoms with Crippen molar-refractivity contribution in [2.24, 2.45) is 17.4 Å². The first-order valence-corrected chi connectivity index (χ1v) is 9.34. The summed E-state index contributed by atoms with van der Waals surface area (Å²) in [5.74, 6) is 0.872. The summed E-state index contributed by atoms with van der Waals surface area (Å²) in [6.07, 6.45) is 14.6. The quantitative estimate of drug-likeness (QED) is 0.380. The molecule has 5 N–H and O–H groups in total. The average molecular weight is 300 g/mol. The first kappa shape index (κ1) is 20.9. The van der Waals surface area contributed by atoms with Gasteiger partial charge in [0.25, 0.3) is 0 Å². The molecule has 0 aliphatic carbocycles. The van der Waals surface area contributed by atoms with Gasteiger partial charge in [-0.15, -0.1) is 0 Å². The summed E-state index contributed by atoms with van der Waals surface area (Å²) in [4.78, 5) is 0. The molecule has 3 nitrogen and oxygen atoms in total. The van der Waals surface area contributed by atoms with Gasteiger partial charge in [-0.3, -0.25) is 0 Å². The molecule has 0 fully saturated rings. The van der Waals surface area contributed by atoms with Crippen LogP contribution < -0.4 is 16.8 Å². The van der Waals surface area contributed by atoms with Crippen molar-refractivity contribution in [1.29, 1.82) is 0 Å². The number of nitrogens with two attached hydrogens (primary N) is 2. The molecule has 0 aliphatic heterocycles. The van der Waals surface area contributed by atoms with Gasteiger partial charge < -0.3 is 16.8 Å². The maximum absolute atomic E-state index is 5.69. The molecule has 0 aromatic carbocycles. The van der Waals surface area contributed by atoms with E-state index >= 15 is 0 Å². The Balaban J connectivity index is 3.36. The Labute approximate surface area is 133 Å². The Kier molecular flexibility index (Phi) is 16.2. The molecule has 0 rings (SSSR count). The fourth-order valence-corrected chi connectivity index (χ4v) is 2.79. The molecular weight excluding hydrogens is 258 g/mol. The molecule has 21 heavy (non-hydrogen) atoms. The highest BCUT2D eigenvalue weighted by atomic mass is 14.9. The van der Waals surface area contributed by atoms with Gasteiger partial charge in [-0.1, -0.05) is 65.2 Å². The maximum Gasteiger partial charge on any atom is 0.00790 e. The monoisotopic (exact) mass is 299 g/mol. The van der Waals surface area contributed by atoms with Crippen LogP contribution >= 0.6 is 0 Å². The molecule has 0 aliphatic rings. The van der Waals surface area contributed by atoms with E-state index in [0.717, 1.165) is 38.4 Å².